The van der Waals surface area contributed by atoms with E-state index in [0.717, 1.165) is 22.4 Å². The highest BCUT2D eigenvalue weighted by molar-refractivity contribution is 6.25. The van der Waals surface area contributed by atoms with Crippen molar-refractivity contribution >= 4 is 22.7 Å². The number of allylic oxidation sites excluding steroid dienone is 1. The smallest absolute Gasteiger partial charge is 0.398 e. The number of fused-ring (bicyclic) bond motifs is 1. The first kappa shape index (κ1) is 26.8. The number of hydrogen-bond acceptors (Lipinski definition) is 4. The zero-order chi connectivity index (χ0) is 28.3. The zero-order valence-electron chi connectivity index (χ0n) is 21.9. The van der Waals surface area contributed by atoms with Crippen molar-refractivity contribution in [2.45, 2.75) is 11.7 Å². The van der Waals surface area contributed by atoms with E-state index >= 15 is 0 Å². The van der Waals surface area contributed by atoms with E-state index in [1.54, 1.807) is 36.2 Å². The first-order chi connectivity index (χ1) is 19.2. The average Bonchev–Trinajstić information content (AvgIpc) is 2.97. The summed E-state index contributed by atoms with van der Waals surface area (Å²) in [5, 5.41) is 11.4. The number of halogens is 3. The van der Waals surface area contributed by atoms with Gasteiger partial charge in [-0.1, -0.05) is 97.1 Å². The summed E-state index contributed by atoms with van der Waals surface area (Å²) in [5.41, 5.74) is 8.16. The molecule has 0 aromatic heterocycles. The summed E-state index contributed by atoms with van der Waals surface area (Å²) >= 11 is 0. The van der Waals surface area contributed by atoms with Gasteiger partial charge < -0.3 is 16.0 Å². The molecule has 0 amide bonds. The molecule has 4 nitrogen and oxygen atoms in total. The third-order valence-corrected chi connectivity index (χ3v) is 7.24. The maximum Gasteiger partial charge on any atom is 0.433 e. The second-order valence-corrected chi connectivity index (χ2v) is 9.64. The van der Waals surface area contributed by atoms with E-state index in [1.165, 1.54) is 6.20 Å². The lowest BCUT2D eigenvalue weighted by molar-refractivity contribution is -0.0579. The second-order valence-electron chi connectivity index (χ2n) is 9.64. The number of rotatable bonds is 7. The Morgan fingerprint density at radius 3 is 1.80 bits per heavy atom. The Kier molecular flexibility index (Phi) is 7.22. The van der Waals surface area contributed by atoms with Crippen LogP contribution in [0, 0.1) is 5.41 Å². The zero-order valence-corrected chi connectivity index (χ0v) is 21.9. The third-order valence-electron chi connectivity index (χ3n) is 7.24. The average molecular weight is 539 g/mol. The first-order valence-electron chi connectivity index (χ1n) is 12.8. The molecule has 1 aliphatic heterocycles. The highest BCUT2D eigenvalue weighted by atomic mass is 19.4. The van der Waals surface area contributed by atoms with Crippen molar-refractivity contribution in [3.63, 3.8) is 0 Å². The van der Waals surface area contributed by atoms with Crippen LogP contribution in [-0.4, -0.2) is 30.4 Å². The minimum Gasteiger partial charge on any atom is -0.398 e. The molecule has 0 fully saturated rings. The second kappa shape index (κ2) is 10.8. The lowest BCUT2D eigenvalue weighted by Gasteiger charge is -2.43. The number of hydrogen-bond donors (Lipinski definition) is 3. The maximum atomic E-state index is 14.2. The molecule has 0 saturated heterocycles. The normalized spacial score (nSPS) is 13.6. The van der Waals surface area contributed by atoms with Crippen LogP contribution in [0.3, 0.4) is 0 Å². The summed E-state index contributed by atoms with van der Waals surface area (Å²) < 4.78 is 42.6. The highest BCUT2D eigenvalue weighted by Crippen LogP contribution is 2.43. The van der Waals surface area contributed by atoms with Crippen molar-refractivity contribution in [2.75, 3.05) is 18.9 Å². The van der Waals surface area contributed by atoms with E-state index < -0.39 is 17.4 Å². The summed E-state index contributed by atoms with van der Waals surface area (Å²) in [6.07, 6.45) is -1.65. The molecule has 0 atom stereocenters. The van der Waals surface area contributed by atoms with E-state index in [2.05, 4.69) is 5.32 Å². The SMILES string of the molecule is CN(/C=C(\C(=N)C(F)(F)F)c1ccc2c(c1)C(N)=CCN2)C(c1ccccc1)(c1ccccc1)c1ccccc1. The Morgan fingerprint density at radius 1 is 0.825 bits per heavy atom. The predicted molar refractivity (Wildman–Crippen MR) is 156 cm³/mol. The van der Waals surface area contributed by atoms with Crippen LogP contribution >= 0.6 is 0 Å². The van der Waals surface area contributed by atoms with Gasteiger partial charge in [-0.25, -0.2) is 0 Å². The van der Waals surface area contributed by atoms with Gasteiger partial charge >= 0.3 is 6.18 Å². The van der Waals surface area contributed by atoms with Gasteiger partial charge in [0, 0.05) is 42.3 Å². The van der Waals surface area contributed by atoms with Crippen LogP contribution in [0.4, 0.5) is 18.9 Å². The van der Waals surface area contributed by atoms with Crippen molar-refractivity contribution in [2.24, 2.45) is 5.73 Å². The molecule has 5 rings (SSSR count). The van der Waals surface area contributed by atoms with E-state index in [1.807, 2.05) is 91.0 Å². The van der Waals surface area contributed by atoms with Crippen LogP contribution in [0.5, 0.6) is 0 Å². The van der Waals surface area contributed by atoms with Crippen molar-refractivity contribution in [3.8, 4) is 0 Å². The van der Waals surface area contributed by atoms with Crippen molar-refractivity contribution in [1.29, 1.82) is 5.41 Å². The minimum atomic E-state index is -4.86. The molecule has 7 heteroatoms. The summed E-state index contributed by atoms with van der Waals surface area (Å²) in [6, 6.07) is 33.9. The van der Waals surface area contributed by atoms with Gasteiger partial charge in [0.2, 0.25) is 0 Å². The third kappa shape index (κ3) is 4.86. The van der Waals surface area contributed by atoms with E-state index in [4.69, 9.17) is 11.1 Å². The van der Waals surface area contributed by atoms with Gasteiger partial charge in [-0.2, -0.15) is 13.2 Å². The summed E-state index contributed by atoms with van der Waals surface area (Å²) in [6.45, 7) is 0.537. The van der Waals surface area contributed by atoms with Gasteiger partial charge in [0.05, 0.1) is 0 Å². The molecule has 202 valence electrons. The fourth-order valence-corrected chi connectivity index (χ4v) is 5.36. The van der Waals surface area contributed by atoms with Crippen LogP contribution in [0.15, 0.2) is 121 Å². The molecule has 4 aromatic carbocycles. The van der Waals surface area contributed by atoms with Gasteiger partial charge in [-0.3, -0.25) is 5.41 Å². The molecule has 0 saturated carbocycles. The number of anilines is 1. The van der Waals surface area contributed by atoms with Gasteiger partial charge in [-0.05, 0) is 40.5 Å². The summed E-state index contributed by atoms with van der Waals surface area (Å²) in [7, 11) is 1.75. The highest BCUT2D eigenvalue weighted by Gasteiger charge is 2.42. The minimum absolute atomic E-state index is 0.246. The van der Waals surface area contributed by atoms with Crippen LogP contribution in [-0.2, 0) is 5.54 Å². The topological polar surface area (TPSA) is 65.1 Å². The van der Waals surface area contributed by atoms with Crippen molar-refractivity contribution in [3.05, 3.63) is 149 Å². The van der Waals surface area contributed by atoms with Gasteiger partial charge in [0.15, 0.2) is 0 Å². The molecule has 0 bridgehead atoms. The van der Waals surface area contributed by atoms with E-state index in [9.17, 15) is 13.2 Å². The lowest BCUT2D eigenvalue weighted by atomic mass is 9.76. The van der Waals surface area contributed by atoms with Crippen LogP contribution in [0.25, 0.3) is 11.3 Å². The molecule has 40 heavy (non-hydrogen) atoms. The molecule has 4 N–H and O–H groups in total. The molecule has 4 aromatic rings. The molecule has 0 radical (unpaired) electrons. The fourth-order valence-electron chi connectivity index (χ4n) is 5.36. The van der Waals surface area contributed by atoms with Crippen LogP contribution in [0.1, 0.15) is 27.8 Å². The number of benzene rings is 4. The van der Waals surface area contributed by atoms with Crippen molar-refractivity contribution < 1.29 is 13.2 Å². The van der Waals surface area contributed by atoms with Gasteiger partial charge in [0.1, 0.15) is 11.3 Å². The van der Waals surface area contributed by atoms with Crippen molar-refractivity contribution in [1.82, 2.24) is 4.90 Å². The lowest BCUT2D eigenvalue weighted by Crippen LogP contribution is -2.43. The monoisotopic (exact) mass is 538 g/mol. The largest absolute Gasteiger partial charge is 0.433 e. The number of nitrogens with zero attached hydrogens (tertiary/aromatic N) is 1. The fraction of sp³-hybridized carbons (Fsp3) is 0.121. The molecular formula is C33H29F3N4. The quantitative estimate of drug-likeness (QED) is 0.171. The van der Waals surface area contributed by atoms with E-state index in [0.29, 0.717) is 17.8 Å². The van der Waals surface area contributed by atoms with Crippen LogP contribution < -0.4 is 11.1 Å². The molecule has 1 aliphatic rings. The Hall–Kier alpha value is -4.78. The van der Waals surface area contributed by atoms with E-state index in [-0.39, 0.29) is 11.1 Å². The summed E-state index contributed by atoms with van der Waals surface area (Å²) in [5.74, 6) is 0. The molecule has 0 aliphatic carbocycles. The Labute approximate surface area is 231 Å². The number of alkyl halides is 3. The van der Waals surface area contributed by atoms with Gasteiger partial charge in [0.25, 0.3) is 0 Å². The Bertz CT molecular complexity index is 1460. The maximum absolute atomic E-state index is 14.2. The molecule has 0 unspecified atom stereocenters. The Morgan fingerprint density at radius 2 is 1.32 bits per heavy atom. The van der Waals surface area contributed by atoms with Gasteiger partial charge in [-0.15, -0.1) is 0 Å². The molecular weight excluding hydrogens is 509 g/mol. The summed E-state index contributed by atoms with van der Waals surface area (Å²) in [4.78, 5) is 1.78. The number of nitrogens with two attached hydrogens (primary N) is 1. The van der Waals surface area contributed by atoms with Crippen LogP contribution in [0.2, 0.25) is 0 Å². The standard InChI is InChI=1S/C33H29F3N4/c1-40(22-28(31(38)33(34,35)36)23-17-18-30-27(21-23)29(37)19-20-39-30)32(24-11-5-2-6-12-24,25-13-7-3-8-14-25)26-15-9-4-10-16-26/h2-19,21-22,38-39H,20,37H2,1H3/b28-22-,38-31?. The first-order valence-corrected chi connectivity index (χ1v) is 12.8. The predicted octanol–water partition coefficient (Wildman–Crippen LogP) is 7.26. The molecule has 0 spiro atoms. The molecule has 1 heterocycles. The number of nitrogens with one attached hydrogen (secondary N) is 2. The Balaban J connectivity index is 1.79.